The molecule has 3 heterocycles. The second-order valence-corrected chi connectivity index (χ2v) is 7.37. The van der Waals surface area contributed by atoms with Crippen LogP contribution in [-0.4, -0.2) is 59.3 Å². The highest BCUT2D eigenvalue weighted by Crippen LogP contribution is 2.21. The van der Waals surface area contributed by atoms with Gasteiger partial charge in [0.2, 0.25) is 5.91 Å². The first-order valence-electron chi connectivity index (χ1n) is 10.3. The van der Waals surface area contributed by atoms with E-state index in [0.29, 0.717) is 37.8 Å². The number of nitrogens with zero attached hydrogens (tertiary/aromatic N) is 3. The summed E-state index contributed by atoms with van der Waals surface area (Å²) in [6, 6.07) is 9.05. The Morgan fingerprint density at radius 2 is 1.97 bits per heavy atom. The predicted octanol–water partition coefficient (Wildman–Crippen LogP) is 2.58. The maximum absolute atomic E-state index is 14.2. The predicted molar refractivity (Wildman–Crippen MR) is 115 cm³/mol. The Morgan fingerprint density at radius 3 is 2.75 bits per heavy atom. The van der Waals surface area contributed by atoms with Crippen molar-refractivity contribution in [2.45, 2.75) is 13.0 Å². The van der Waals surface area contributed by atoms with Crippen molar-refractivity contribution in [1.29, 1.82) is 0 Å². The van der Waals surface area contributed by atoms with E-state index in [1.807, 2.05) is 0 Å². The third-order valence-electron chi connectivity index (χ3n) is 5.02. The van der Waals surface area contributed by atoms with Crippen LogP contribution >= 0.6 is 0 Å². The summed E-state index contributed by atoms with van der Waals surface area (Å²) in [6.45, 7) is 3.83. The Kier molecular flexibility index (Phi) is 6.93. The molecule has 0 saturated carbocycles. The molecule has 10 heteroatoms. The van der Waals surface area contributed by atoms with Crippen LogP contribution < -0.4 is 10.6 Å². The molecule has 3 aromatic rings. The molecular weight excluding hydrogens is 417 g/mol. The minimum atomic E-state index is -0.581. The van der Waals surface area contributed by atoms with Crippen molar-refractivity contribution in [2.24, 2.45) is 0 Å². The zero-order valence-corrected chi connectivity index (χ0v) is 17.4. The number of anilines is 2. The lowest BCUT2D eigenvalue weighted by Gasteiger charge is -2.26. The van der Waals surface area contributed by atoms with E-state index < -0.39 is 11.7 Å². The third-order valence-corrected chi connectivity index (χ3v) is 5.02. The van der Waals surface area contributed by atoms with Gasteiger partial charge in [0.05, 0.1) is 25.4 Å². The number of aromatic nitrogens is 2. The fourth-order valence-electron chi connectivity index (χ4n) is 3.33. The molecule has 168 valence electrons. The highest BCUT2D eigenvalue weighted by Gasteiger charge is 2.15. The van der Waals surface area contributed by atoms with Crippen LogP contribution in [0.5, 0.6) is 0 Å². The largest absolute Gasteiger partial charge is 0.454 e. The summed E-state index contributed by atoms with van der Waals surface area (Å²) in [5, 5.41) is 9.33. The van der Waals surface area contributed by atoms with Gasteiger partial charge in [0.25, 0.3) is 5.91 Å². The SMILES string of the molecule is O=C(CCN1CCOCC1)Nc1cc(NC(=O)c2ccc(Cn3cccn3)o2)ccc1F. The van der Waals surface area contributed by atoms with Crippen LogP contribution in [0.15, 0.2) is 53.2 Å². The molecule has 2 N–H and O–H groups in total. The summed E-state index contributed by atoms with van der Waals surface area (Å²) in [5.41, 5.74) is 0.346. The number of carbonyl (C=O) groups is 2. The number of hydrogen-bond donors (Lipinski definition) is 2. The number of rotatable bonds is 8. The van der Waals surface area contributed by atoms with E-state index in [4.69, 9.17) is 9.15 Å². The van der Waals surface area contributed by atoms with E-state index in [-0.39, 0.29) is 23.8 Å². The van der Waals surface area contributed by atoms with Crippen LogP contribution in [0.3, 0.4) is 0 Å². The van der Waals surface area contributed by atoms with E-state index in [2.05, 4.69) is 20.6 Å². The van der Waals surface area contributed by atoms with Crippen LogP contribution in [0, 0.1) is 5.82 Å². The molecule has 0 unspecified atom stereocenters. The summed E-state index contributed by atoms with van der Waals surface area (Å²) in [4.78, 5) is 26.9. The van der Waals surface area contributed by atoms with Gasteiger partial charge < -0.3 is 19.8 Å². The molecule has 1 fully saturated rings. The van der Waals surface area contributed by atoms with Gasteiger partial charge in [-0.3, -0.25) is 19.2 Å². The van der Waals surface area contributed by atoms with Crippen LogP contribution in [0.4, 0.5) is 15.8 Å². The Labute approximate surface area is 184 Å². The molecular formula is C22H24FN5O4. The molecule has 1 aliphatic rings. The van der Waals surface area contributed by atoms with Gasteiger partial charge in [0, 0.05) is 44.1 Å². The molecule has 0 spiro atoms. The van der Waals surface area contributed by atoms with Crippen molar-refractivity contribution in [1.82, 2.24) is 14.7 Å². The monoisotopic (exact) mass is 441 g/mol. The van der Waals surface area contributed by atoms with Gasteiger partial charge in [-0.25, -0.2) is 4.39 Å². The Bertz CT molecular complexity index is 1060. The number of nitrogens with one attached hydrogen (secondary N) is 2. The summed E-state index contributed by atoms with van der Waals surface area (Å²) in [6.07, 6.45) is 3.68. The Balaban J connectivity index is 1.33. The van der Waals surface area contributed by atoms with Crippen LogP contribution in [0.25, 0.3) is 0 Å². The minimum absolute atomic E-state index is 0.00796. The number of ether oxygens (including phenoxy) is 1. The molecule has 0 bridgehead atoms. The van der Waals surface area contributed by atoms with Crippen molar-refractivity contribution >= 4 is 23.2 Å². The lowest BCUT2D eigenvalue weighted by Crippen LogP contribution is -2.38. The number of morpholine rings is 1. The summed E-state index contributed by atoms with van der Waals surface area (Å²) in [7, 11) is 0. The maximum atomic E-state index is 14.2. The summed E-state index contributed by atoms with van der Waals surface area (Å²) in [5.74, 6) is -0.665. The second-order valence-electron chi connectivity index (χ2n) is 7.37. The highest BCUT2D eigenvalue weighted by molar-refractivity contribution is 6.02. The lowest BCUT2D eigenvalue weighted by molar-refractivity contribution is -0.116. The Hall–Kier alpha value is -3.50. The van der Waals surface area contributed by atoms with E-state index in [1.54, 1.807) is 35.3 Å². The zero-order chi connectivity index (χ0) is 22.3. The van der Waals surface area contributed by atoms with Crippen LogP contribution in [0.1, 0.15) is 22.7 Å². The van der Waals surface area contributed by atoms with Crippen molar-refractivity contribution in [3.63, 3.8) is 0 Å². The Morgan fingerprint density at radius 1 is 1.12 bits per heavy atom. The normalized spacial score (nSPS) is 14.3. The molecule has 4 rings (SSSR count). The number of amides is 2. The number of hydrogen-bond acceptors (Lipinski definition) is 6. The standard InChI is InChI=1S/C22H24FN5O4/c23-18-4-2-16(14-19(18)26-21(29)6-9-27-10-12-31-13-11-27)25-22(30)20-5-3-17(32-20)15-28-8-1-7-24-28/h1-5,7-8,14H,6,9-13,15H2,(H,25,30)(H,26,29). The number of furan rings is 1. The number of carbonyl (C=O) groups excluding carboxylic acids is 2. The molecule has 1 saturated heterocycles. The zero-order valence-electron chi connectivity index (χ0n) is 17.4. The molecule has 0 radical (unpaired) electrons. The van der Waals surface area contributed by atoms with E-state index >= 15 is 0 Å². The number of halogens is 1. The summed E-state index contributed by atoms with van der Waals surface area (Å²) < 4.78 is 26.7. The first-order valence-corrected chi connectivity index (χ1v) is 10.3. The molecule has 2 amide bonds. The van der Waals surface area contributed by atoms with E-state index in [9.17, 15) is 14.0 Å². The molecule has 1 aromatic carbocycles. The van der Waals surface area contributed by atoms with Crippen molar-refractivity contribution in [2.75, 3.05) is 43.5 Å². The molecule has 0 atom stereocenters. The first-order chi connectivity index (χ1) is 15.6. The minimum Gasteiger partial charge on any atom is -0.454 e. The van der Waals surface area contributed by atoms with Gasteiger partial charge in [-0.15, -0.1) is 0 Å². The van der Waals surface area contributed by atoms with E-state index in [0.717, 1.165) is 13.1 Å². The van der Waals surface area contributed by atoms with Gasteiger partial charge in [-0.05, 0) is 36.4 Å². The van der Waals surface area contributed by atoms with Crippen molar-refractivity contribution in [3.8, 4) is 0 Å². The van der Waals surface area contributed by atoms with Crippen LogP contribution in [-0.2, 0) is 16.1 Å². The average molecular weight is 441 g/mol. The van der Waals surface area contributed by atoms with Gasteiger partial charge in [0.1, 0.15) is 11.6 Å². The highest BCUT2D eigenvalue weighted by atomic mass is 19.1. The first kappa shape index (κ1) is 21.7. The average Bonchev–Trinajstić information content (AvgIpc) is 3.48. The van der Waals surface area contributed by atoms with Gasteiger partial charge in [0.15, 0.2) is 5.76 Å². The maximum Gasteiger partial charge on any atom is 0.291 e. The van der Waals surface area contributed by atoms with Crippen LogP contribution in [0.2, 0.25) is 0 Å². The van der Waals surface area contributed by atoms with Gasteiger partial charge >= 0.3 is 0 Å². The molecule has 1 aliphatic heterocycles. The fourth-order valence-corrected chi connectivity index (χ4v) is 3.33. The third kappa shape index (κ3) is 5.80. The molecule has 0 aliphatic carbocycles. The van der Waals surface area contributed by atoms with Crippen molar-refractivity contribution < 1.29 is 23.1 Å². The summed E-state index contributed by atoms with van der Waals surface area (Å²) >= 11 is 0. The van der Waals surface area contributed by atoms with Gasteiger partial charge in [-0.2, -0.15) is 5.10 Å². The molecule has 9 nitrogen and oxygen atoms in total. The molecule has 32 heavy (non-hydrogen) atoms. The number of benzene rings is 1. The smallest absolute Gasteiger partial charge is 0.291 e. The fraction of sp³-hybridized carbons (Fsp3) is 0.318. The lowest BCUT2D eigenvalue weighted by atomic mass is 10.2. The quantitative estimate of drug-likeness (QED) is 0.557. The second kappa shape index (κ2) is 10.2. The molecule has 2 aromatic heterocycles. The topological polar surface area (TPSA) is 102 Å². The van der Waals surface area contributed by atoms with E-state index in [1.165, 1.54) is 18.2 Å². The van der Waals surface area contributed by atoms with Gasteiger partial charge in [-0.1, -0.05) is 0 Å². The van der Waals surface area contributed by atoms with Crippen molar-refractivity contribution in [3.05, 3.63) is 66.1 Å².